The van der Waals surface area contributed by atoms with Crippen LogP contribution in [0.15, 0.2) is 52.4 Å². The first-order valence-corrected chi connectivity index (χ1v) is 12.4. The average molecular weight is 476 g/mol. The van der Waals surface area contributed by atoms with Crippen molar-refractivity contribution in [2.45, 2.75) is 37.1 Å². The van der Waals surface area contributed by atoms with Crippen molar-refractivity contribution in [1.29, 1.82) is 0 Å². The molecule has 8 nitrogen and oxygen atoms in total. The van der Waals surface area contributed by atoms with Crippen molar-refractivity contribution < 1.29 is 13.2 Å². The molecule has 1 unspecified atom stereocenters. The lowest BCUT2D eigenvalue weighted by Gasteiger charge is -2.20. The van der Waals surface area contributed by atoms with E-state index in [0.717, 1.165) is 34.0 Å². The number of benzene rings is 2. The molecule has 0 aromatic heterocycles. The minimum absolute atomic E-state index is 0.0395. The highest BCUT2D eigenvalue weighted by Crippen LogP contribution is 2.33. The summed E-state index contributed by atoms with van der Waals surface area (Å²) in [5.74, 6) is -0.0395. The number of sulfonamides is 1. The van der Waals surface area contributed by atoms with E-state index in [-0.39, 0.29) is 23.4 Å². The van der Waals surface area contributed by atoms with Crippen molar-refractivity contribution in [3.8, 4) is 0 Å². The molecule has 3 N–H and O–H groups in total. The minimum Gasteiger partial charge on any atom is -0.369 e. The van der Waals surface area contributed by atoms with Gasteiger partial charge in [-0.2, -0.15) is 0 Å². The molecule has 170 valence electrons. The van der Waals surface area contributed by atoms with Crippen LogP contribution in [0.5, 0.6) is 0 Å². The lowest BCUT2D eigenvalue weighted by atomic mass is 10.1. The van der Waals surface area contributed by atoms with Crippen LogP contribution in [-0.2, 0) is 16.4 Å². The normalized spacial score (nSPS) is 17.9. The molecule has 0 aliphatic carbocycles. The van der Waals surface area contributed by atoms with Crippen LogP contribution in [0.2, 0.25) is 5.02 Å². The van der Waals surface area contributed by atoms with Crippen LogP contribution >= 0.6 is 11.6 Å². The highest BCUT2D eigenvalue weighted by atomic mass is 35.5. The van der Waals surface area contributed by atoms with Crippen molar-refractivity contribution in [2.24, 2.45) is 10.7 Å². The number of anilines is 1. The van der Waals surface area contributed by atoms with Crippen LogP contribution in [0, 0.1) is 0 Å². The Bertz CT molecular complexity index is 1150. The fourth-order valence-electron chi connectivity index (χ4n) is 3.95. The smallest absolute Gasteiger partial charge is 0.321 e. The second kappa shape index (κ2) is 8.99. The summed E-state index contributed by atoms with van der Waals surface area (Å²) < 4.78 is 27.8. The number of rotatable bonds is 6. The zero-order valence-electron chi connectivity index (χ0n) is 17.8. The molecule has 2 aromatic carbocycles. The molecule has 0 saturated carbocycles. The summed E-state index contributed by atoms with van der Waals surface area (Å²) in [5.41, 5.74) is 8.40. The zero-order valence-corrected chi connectivity index (χ0v) is 19.4. The third-order valence-electron chi connectivity index (χ3n) is 5.72. The number of urea groups is 1. The maximum absolute atomic E-state index is 13.3. The van der Waals surface area contributed by atoms with E-state index in [0.29, 0.717) is 24.5 Å². The number of halogens is 1. The van der Waals surface area contributed by atoms with E-state index in [9.17, 15) is 13.2 Å². The highest BCUT2D eigenvalue weighted by Gasteiger charge is 2.35. The number of fused-ring (bicyclic) bond motifs is 1. The summed E-state index contributed by atoms with van der Waals surface area (Å²) in [6.07, 6.45) is 2.51. The van der Waals surface area contributed by atoms with E-state index < -0.39 is 16.1 Å². The van der Waals surface area contributed by atoms with Gasteiger partial charge in [-0.25, -0.2) is 22.5 Å². The van der Waals surface area contributed by atoms with Gasteiger partial charge in [0.15, 0.2) is 0 Å². The van der Waals surface area contributed by atoms with Crippen LogP contribution in [0.25, 0.3) is 0 Å². The van der Waals surface area contributed by atoms with Gasteiger partial charge in [-0.15, -0.1) is 0 Å². The number of aliphatic imine (C=N–C) groups is 1. The topological polar surface area (TPSA) is 108 Å². The third kappa shape index (κ3) is 4.27. The van der Waals surface area contributed by atoms with E-state index in [4.69, 9.17) is 17.3 Å². The van der Waals surface area contributed by atoms with Crippen molar-refractivity contribution >= 4 is 39.3 Å². The fraction of sp³-hybridized carbons (Fsp3) is 0.364. The SMILES string of the molecule is CCCCNC(=O)N1CCc2cc(S(=O)(=O)N3CC(c4ccc(Cl)cc4)N=C3N)ccc21. The number of hydrogen-bond acceptors (Lipinski definition) is 5. The Morgan fingerprint density at radius 2 is 2.00 bits per heavy atom. The summed E-state index contributed by atoms with van der Waals surface area (Å²) >= 11 is 5.94. The second-order valence-corrected chi connectivity index (χ2v) is 10.2. The third-order valence-corrected chi connectivity index (χ3v) is 7.74. The van der Waals surface area contributed by atoms with E-state index in [1.165, 1.54) is 6.07 Å². The average Bonchev–Trinajstić information content (AvgIpc) is 3.38. The van der Waals surface area contributed by atoms with Gasteiger partial charge in [0.2, 0.25) is 5.96 Å². The van der Waals surface area contributed by atoms with Gasteiger partial charge in [0.05, 0.1) is 17.5 Å². The van der Waals surface area contributed by atoms with Crippen molar-refractivity contribution in [3.05, 3.63) is 58.6 Å². The molecule has 4 rings (SSSR count). The molecule has 10 heteroatoms. The van der Waals surface area contributed by atoms with Gasteiger partial charge >= 0.3 is 6.03 Å². The maximum atomic E-state index is 13.3. The lowest BCUT2D eigenvalue weighted by molar-refractivity contribution is 0.246. The quantitative estimate of drug-likeness (QED) is 0.625. The molecular weight excluding hydrogens is 450 g/mol. The van der Waals surface area contributed by atoms with E-state index in [1.807, 2.05) is 12.1 Å². The molecule has 2 heterocycles. The Labute approximate surface area is 193 Å². The Balaban J connectivity index is 1.52. The first-order chi connectivity index (χ1) is 15.3. The number of nitrogens with zero attached hydrogens (tertiary/aromatic N) is 3. The first-order valence-electron chi connectivity index (χ1n) is 10.6. The number of nitrogens with one attached hydrogen (secondary N) is 1. The largest absolute Gasteiger partial charge is 0.369 e. The molecule has 0 bridgehead atoms. The number of amides is 2. The molecular formula is C22H26ClN5O3S. The molecule has 32 heavy (non-hydrogen) atoms. The zero-order chi connectivity index (χ0) is 22.9. The maximum Gasteiger partial charge on any atom is 0.321 e. The monoisotopic (exact) mass is 475 g/mol. The van der Waals surface area contributed by atoms with Gasteiger partial charge in [0.25, 0.3) is 10.0 Å². The summed E-state index contributed by atoms with van der Waals surface area (Å²) in [4.78, 5) is 18.6. The van der Waals surface area contributed by atoms with Gasteiger partial charge in [0.1, 0.15) is 0 Å². The van der Waals surface area contributed by atoms with Crippen LogP contribution in [0.3, 0.4) is 0 Å². The molecule has 0 spiro atoms. The standard InChI is InChI=1S/C22H26ClN5O3S/c1-2-3-11-25-22(29)27-12-10-16-13-18(8-9-20(16)27)32(30,31)28-14-19(26-21(28)24)15-4-6-17(23)7-5-15/h4-9,13,19H,2-3,10-12,14H2,1H3,(H2,24,26)(H,25,29). The molecule has 2 aliphatic heterocycles. The number of unbranched alkanes of at least 4 members (excludes halogenated alkanes) is 1. The van der Waals surface area contributed by atoms with Gasteiger partial charge in [-0.1, -0.05) is 37.1 Å². The van der Waals surface area contributed by atoms with Crippen LogP contribution in [0.1, 0.15) is 36.9 Å². The predicted octanol–water partition coefficient (Wildman–Crippen LogP) is 3.27. The second-order valence-electron chi connectivity index (χ2n) is 7.87. The number of hydrogen-bond donors (Lipinski definition) is 2. The Morgan fingerprint density at radius 3 is 2.72 bits per heavy atom. The minimum atomic E-state index is -3.88. The van der Waals surface area contributed by atoms with Gasteiger partial charge < -0.3 is 11.1 Å². The number of carbonyl (C=O) groups is 1. The molecule has 1 atom stereocenters. The van der Waals surface area contributed by atoms with E-state index in [2.05, 4.69) is 17.2 Å². The van der Waals surface area contributed by atoms with Crippen LogP contribution in [-0.4, -0.2) is 44.3 Å². The van der Waals surface area contributed by atoms with Crippen molar-refractivity contribution in [1.82, 2.24) is 9.62 Å². The Kier molecular flexibility index (Phi) is 6.30. The lowest BCUT2D eigenvalue weighted by Crippen LogP contribution is -2.39. The number of guanidine groups is 1. The summed E-state index contributed by atoms with van der Waals surface area (Å²) in [6, 6.07) is 11.4. The number of nitrogens with two attached hydrogens (primary N) is 1. The molecule has 0 fully saturated rings. The van der Waals surface area contributed by atoms with Crippen molar-refractivity contribution in [3.63, 3.8) is 0 Å². The summed E-state index contributed by atoms with van der Waals surface area (Å²) in [5, 5.41) is 3.50. The molecule has 2 aliphatic rings. The molecule has 2 aromatic rings. The van der Waals surface area contributed by atoms with E-state index in [1.54, 1.807) is 29.2 Å². The molecule has 0 radical (unpaired) electrons. The Hall–Kier alpha value is -2.78. The number of carbonyl (C=O) groups excluding carboxylic acids is 1. The summed E-state index contributed by atoms with van der Waals surface area (Å²) in [7, 11) is -3.88. The highest BCUT2D eigenvalue weighted by molar-refractivity contribution is 7.89. The Morgan fingerprint density at radius 1 is 1.25 bits per heavy atom. The van der Waals surface area contributed by atoms with Gasteiger partial charge in [-0.3, -0.25) is 4.90 Å². The molecule has 2 amide bonds. The van der Waals surface area contributed by atoms with Crippen LogP contribution < -0.4 is 16.0 Å². The van der Waals surface area contributed by atoms with Gasteiger partial charge in [-0.05, 0) is 54.3 Å². The van der Waals surface area contributed by atoms with Crippen LogP contribution in [0.4, 0.5) is 10.5 Å². The summed E-state index contributed by atoms with van der Waals surface area (Å²) in [6.45, 7) is 3.33. The molecule has 0 saturated heterocycles. The first kappa shape index (κ1) is 22.4. The van der Waals surface area contributed by atoms with Crippen molar-refractivity contribution in [2.75, 3.05) is 24.5 Å². The van der Waals surface area contributed by atoms with E-state index >= 15 is 0 Å². The predicted molar refractivity (Wildman–Crippen MR) is 126 cm³/mol. The van der Waals surface area contributed by atoms with Gasteiger partial charge in [0, 0.05) is 23.8 Å². The fourth-order valence-corrected chi connectivity index (χ4v) is 5.49.